The number of amides is 1. The Bertz CT molecular complexity index is 651. The molecular weight excluding hydrogens is 262 g/mol. The lowest BCUT2D eigenvalue weighted by atomic mass is 9.96. The molecule has 2 heterocycles. The molecule has 0 radical (unpaired) electrons. The minimum atomic E-state index is 0.0183. The maximum atomic E-state index is 12.8. The number of pyridine rings is 1. The normalized spacial score (nSPS) is 17.2. The highest BCUT2D eigenvalue weighted by Crippen LogP contribution is 2.31. The number of hydrogen-bond acceptors (Lipinski definition) is 3. The zero-order valence-corrected chi connectivity index (χ0v) is 12.3. The van der Waals surface area contributed by atoms with Gasteiger partial charge in [0, 0.05) is 25.0 Å². The van der Waals surface area contributed by atoms with E-state index in [0.29, 0.717) is 5.56 Å². The lowest BCUT2D eigenvalue weighted by molar-refractivity contribution is 0.0975. The van der Waals surface area contributed by atoms with E-state index in [0.717, 1.165) is 24.3 Å². The van der Waals surface area contributed by atoms with Gasteiger partial charge in [0.05, 0.1) is 5.56 Å². The van der Waals surface area contributed by atoms with Gasteiger partial charge in [-0.1, -0.05) is 18.2 Å². The minimum absolute atomic E-state index is 0.0183. The van der Waals surface area contributed by atoms with Crippen molar-refractivity contribution in [1.29, 1.82) is 0 Å². The van der Waals surface area contributed by atoms with Gasteiger partial charge < -0.3 is 10.2 Å². The van der Waals surface area contributed by atoms with Gasteiger partial charge in [-0.3, -0.25) is 4.79 Å². The van der Waals surface area contributed by atoms with Crippen molar-refractivity contribution in [3.63, 3.8) is 0 Å². The number of hydrogen-bond donors (Lipinski definition) is 1. The molecule has 0 bridgehead atoms. The zero-order chi connectivity index (χ0) is 14.8. The highest BCUT2D eigenvalue weighted by atomic mass is 16.2. The Hall–Kier alpha value is -2.36. The first-order valence-electron chi connectivity index (χ1n) is 7.26. The average Bonchev–Trinajstić information content (AvgIpc) is 2.54. The molecule has 1 aliphatic rings. The summed E-state index contributed by atoms with van der Waals surface area (Å²) in [4.78, 5) is 19.0. The molecule has 1 atom stereocenters. The van der Waals surface area contributed by atoms with Crippen LogP contribution in [0.15, 0.2) is 42.6 Å². The van der Waals surface area contributed by atoms with Crippen LogP contribution in [0.5, 0.6) is 0 Å². The van der Waals surface area contributed by atoms with Crippen LogP contribution < -0.4 is 10.2 Å². The third kappa shape index (κ3) is 2.49. The van der Waals surface area contributed by atoms with Gasteiger partial charge in [0.25, 0.3) is 5.91 Å². The molecule has 1 amide bonds. The van der Waals surface area contributed by atoms with Gasteiger partial charge in [-0.05, 0) is 43.5 Å². The van der Waals surface area contributed by atoms with Gasteiger partial charge in [-0.15, -0.1) is 0 Å². The van der Waals surface area contributed by atoms with Crippen LogP contribution in [-0.2, 0) is 6.42 Å². The Morgan fingerprint density at radius 3 is 2.81 bits per heavy atom. The van der Waals surface area contributed by atoms with E-state index in [9.17, 15) is 4.79 Å². The summed E-state index contributed by atoms with van der Waals surface area (Å²) in [5, 5.41) is 2.96. The number of rotatable bonds is 2. The van der Waals surface area contributed by atoms with Gasteiger partial charge in [-0.2, -0.15) is 0 Å². The maximum absolute atomic E-state index is 12.8. The minimum Gasteiger partial charge on any atom is -0.373 e. The fourth-order valence-electron chi connectivity index (χ4n) is 2.81. The number of carbonyl (C=O) groups excluding carboxylic acids is 1. The van der Waals surface area contributed by atoms with E-state index in [-0.39, 0.29) is 11.9 Å². The zero-order valence-electron chi connectivity index (χ0n) is 12.3. The van der Waals surface area contributed by atoms with Crippen LogP contribution in [0, 0.1) is 0 Å². The Balaban J connectivity index is 1.96. The van der Waals surface area contributed by atoms with Crippen molar-refractivity contribution < 1.29 is 4.79 Å². The fourth-order valence-corrected chi connectivity index (χ4v) is 2.81. The molecular formula is C17H19N3O. The van der Waals surface area contributed by atoms with Gasteiger partial charge in [0.1, 0.15) is 5.82 Å². The van der Waals surface area contributed by atoms with E-state index < -0.39 is 0 Å². The topological polar surface area (TPSA) is 45.2 Å². The first-order chi connectivity index (χ1) is 10.2. The van der Waals surface area contributed by atoms with Crippen molar-refractivity contribution in [3.05, 3.63) is 53.7 Å². The smallest absolute Gasteiger partial charge is 0.260 e. The largest absolute Gasteiger partial charge is 0.373 e. The Morgan fingerprint density at radius 1 is 1.29 bits per heavy atom. The monoisotopic (exact) mass is 281 g/mol. The summed E-state index contributed by atoms with van der Waals surface area (Å²) in [6.07, 6.45) is 3.65. The second-order valence-corrected chi connectivity index (χ2v) is 5.37. The van der Waals surface area contributed by atoms with E-state index in [1.54, 1.807) is 6.20 Å². The number of carbonyl (C=O) groups is 1. The number of benzene rings is 1. The van der Waals surface area contributed by atoms with Crippen LogP contribution in [0.1, 0.15) is 29.3 Å². The molecule has 108 valence electrons. The van der Waals surface area contributed by atoms with Gasteiger partial charge >= 0.3 is 0 Å². The third-order valence-corrected chi connectivity index (χ3v) is 4.01. The number of aryl methyl sites for hydroxylation is 1. The molecule has 1 aromatic carbocycles. The summed E-state index contributed by atoms with van der Waals surface area (Å²) in [5.41, 5.74) is 2.89. The molecule has 2 aromatic rings. The molecule has 0 spiro atoms. The molecule has 3 rings (SSSR count). The Morgan fingerprint density at radius 2 is 2.10 bits per heavy atom. The molecule has 4 nitrogen and oxygen atoms in total. The van der Waals surface area contributed by atoms with E-state index in [4.69, 9.17) is 0 Å². The number of para-hydroxylation sites is 1. The first-order valence-corrected chi connectivity index (χ1v) is 7.26. The van der Waals surface area contributed by atoms with Crippen molar-refractivity contribution in [3.8, 4) is 0 Å². The molecule has 4 heteroatoms. The number of anilines is 2. The van der Waals surface area contributed by atoms with Crippen LogP contribution in [0.25, 0.3) is 0 Å². The Kier molecular flexibility index (Phi) is 3.60. The number of nitrogens with zero attached hydrogens (tertiary/aromatic N) is 2. The van der Waals surface area contributed by atoms with Crippen LogP contribution in [0.4, 0.5) is 11.5 Å². The van der Waals surface area contributed by atoms with E-state index >= 15 is 0 Å². The number of nitrogens with one attached hydrogen (secondary N) is 1. The molecule has 1 aliphatic heterocycles. The van der Waals surface area contributed by atoms with Crippen LogP contribution in [-0.4, -0.2) is 24.0 Å². The van der Waals surface area contributed by atoms with Crippen LogP contribution in [0.2, 0.25) is 0 Å². The molecule has 1 unspecified atom stereocenters. The third-order valence-electron chi connectivity index (χ3n) is 4.01. The van der Waals surface area contributed by atoms with E-state index in [1.165, 1.54) is 5.56 Å². The van der Waals surface area contributed by atoms with Crippen LogP contribution in [0.3, 0.4) is 0 Å². The lowest BCUT2D eigenvalue weighted by Gasteiger charge is -2.35. The lowest BCUT2D eigenvalue weighted by Crippen LogP contribution is -2.42. The van der Waals surface area contributed by atoms with Crippen molar-refractivity contribution in [2.45, 2.75) is 25.8 Å². The molecule has 1 N–H and O–H groups in total. The standard InChI is InChI=1S/C17H19N3O/c1-12-7-8-13-5-3-4-6-15(13)20(12)17(21)14-9-10-16(18-2)19-11-14/h3-6,9-12H,7-8H2,1-2H3,(H,18,19). The first kappa shape index (κ1) is 13.6. The van der Waals surface area contributed by atoms with Crippen LogP contribution >= 0.6 is 0 Å². The predicted octanol–water partition coefficient (Wildman–Crippen LogP) is 3.10. The van der Waals surface area contributed by atoms with E-state index in [2.05, 4.69) is 23.3 Å². The van der Waals surface area contributed by atoms with Crippen molar-refractivity contribution in [1.82, 2.24) is 4.98 Å². The van der Waals surface area contributed by atoms with Crippen molar-refractivity contribution in [2.75, 3.05) is 17.3 Å². The quantitative estimate of drug-likeness (QED) is 0.920. The van der Waals surface area contributed by atoms with Gasteiger partial charge in [-0.25, -0.2) is 4.98 Å². The summed E-state index contributed by atoms with van der Waals surface area (Å²) in [5.74, 6) is 0.781. The van der Waals surface area contributed by atoms with Crippen molar-refractivity contribution >= 4 is 17.4 Å². The molecule has 1 aromatic heterocycles. The molecule has 0 fully saturated rings. The average molecular weight is 281 g/mol. The summed E-state index contributed by atoms with van der Waals surface area (Å²) < 4.78 is 0. The van der Waals surface area contributed by atoms with E-state index in [1.807, 2.05) is 42.3 Å². The molecule has 0 saturated carbocycles. The highest BCUT2D eigenvalue weighted by Gasteiger charge is 2.28. The number of aromatic nitrogens is 1. The maximum Gasteiger partial charge on any atom is 0.260 e. The molecule has 0 saturated heterocycles. The fraction of sp³-hybridized carbons (Fsp3) is 0.294. The second-order valence-electron chi connectivity index (χ2n) is 5.37. The SMILES string of the molecule is CNc1ccc(C(=O)N2c3ccccc3CCC2C)cn1. The second kappa shape index (κ2) is 5.56. The summed E-state index contributed by atoms with van der Waals surface area (Å²) in [6.45, 7) is 2.10. The summed E-state index contributed by atoms with van der Waals surface area (Å²) in [6, 6.07) is 12.0. The summed E-state index contributed by atoms with van der Waals surface area (Å²) in [7, 11) is 1.81. The summed E-state index contributed by atoms with van der Waals surface area (Å²) >= 11 is 0. The van der Waals surface area contributed by atoms with Gasteiger partial charge in [0.2, 0.25) is 0 Å². The Labute approximate surface area is 124 Å². The van der Waals surface area contributed by atoms with Gasteiger partial charge in [0.15, 0.2) is 0 Å². The predicted molar refractivity (Wildman–Crippen MR) is 84.8 cm³/mol. The number of fused-ring (bicyclic) bond motifs is 1. The highest BCUT2D eigenvalue weighted by molar-refractivity contribution is 6.07. The molecule has 0 aliphatic carbocycles. The molecule has 21 heavy (non-hydrogen) atoms. The van der Waals surface area contributed by atoms with Crippen molar-refractivity contribution in [2.24, 2.45) is 0 Å².